The molecule has 0 saturated carbocycles. The van der Waals surface area contributed by atoms with Gasteiger partial charge in [0.25, 0.3) is 0 Å². The highest BCUT2D eigenvalue weighted by molar-refractivity contribution is 5.95. The predicted octanol–water partition coefficient (Wildman–Crippen LogP) is 6.82. The molecule has 0 saturated heterocycles. The summed E-state index contributed by atoms with van der Waals surface area (Å²) in [6.07, 6.45) is 0. The number of aromatic nitrogens is 2. The molecule has 2 aromatic heterocycles. The molecule has 142 valence electrons. The van der Waals surface area contributed by atoms with Gasteiger partial charge in [-0.2, -0.15) is 0 Å². The van der Waals surface area contributed by atoms with Gasteiger partial charge in [-0.05, 0) is 63.9 Å². The molecule has 5 nitrogen and oxygen atoms in total. The molecule has 0 aliphatic rings. The summed E-state index contributed by atoms with van der Waals surface area (Å²) in [7, 11) is 0. The molecule has 0 aliphatic carbocycles. The molecule has 0 spiro atoms. The molecule has 1 N–H and O–H groups in total. The first-order chi connectivity index (χ1) is 13.4. The molecule has 0 amide bonds. The number of fused-ring (bicyclic) bond motifs is 2. The first-order valence-corrected chi connectivity index (χ1v) is 9.49. The highest BCUT2D eigenvalue weighted by atomic mass is 16.3. The number of aromatic hydroxyl groups is 1. The quantitative estimate of drug-likeness (QED) is 0.401. The summed E-state index contributed by atoms with van der Waals surface area (Å²) in [4.78, 5) is 4.69. The van der Waals surface area contributed by atoms with Crippen molar-refractivity contribution >= 4 is 33.3 Å². The average molecular weight is 372 g/mol. The van der Waals surface area contributed by atoms with Gasteiger partial charge in [0.05, 0.1) is 11.0 Å². The number of azo groups is 1. The Bertz CT molecular complexity index is 1230. The van der Waals surface area contributed by atoms with Crippen LogP contribution < -0.4 is 0 Å². The van der Waals surface area contributed by atoms with Crippen molar-refractivity contribution in [2.24, 2.45) is 10.2 Å². The number of hydrogen-bond donors (Lipinski definition) is 1. The van der Waals surface area contributed by atoms with Gasteiger partial charge in [-0.25, -0.2) is 4.98 Å². The summed E-state index contributed by atoms with van der Waals surface area (Å²) in [6, 6.07) is 14.2. The maximum absolute atomic E-state index is 10.8. The fourth-order valence-electron chi connectivity index (χ4n) is 3.83. The topological polar surface area (TPSA) is 62.8 Å². The van der Waals surface area contributed by atoms with Gasteiger partial charge in [0, 0.05) is 16.8 Å². The van der Waals surface area contributed by atoms with E-state index in [1.807, 2.05) is 48.7 Å². The second-order valence-electron chi connectivity index (χ2n) is 7.63. The Kier molecular flexibility index (Phi) is 4.38. The maximum Gasteiger partial charge on any atom is 0.221 e. The van der Waals surface area contributed by atoms with Gasteiger partial charge >= 0.3 is 0 Å². The van der Waals surface area contributed by atoms with Crippen molar-refractivity contribution in [1.29, 1.82) is 0 Å². The third-order valence-corrected chi connectivity index (χ3v) is 5.07. The van der Waals surface area contributed by atoms with E-state index in [-0.39, 0.29) is 11.9 Å². The van der Waals surface area contributed by atoms with Crippen LogP contribution in [0.25, 0.3) is 21.8 Å². The van der Waals surface area contributed by atoms with Gasteiger partial charge in [0.15, 0.2) is 11.5 Å². The highest BCUT2D eigenvalue weighted by Gasteiger charge is 2.18. The van der Waals surface area contributed by atoms with Crippen LogP contribution >= 0.6 is 0 Å². The zero-order valence-electron chi connectivity index (χ0n) is 16.9. The Morgan fingerprint density at radius 3 is 2.43 bits per heavy atom. The summed E-state index contributed by atoms with van der Waals surface area (Å²) < 4.78 is 1.87. The van der Waals surface area contributed by atoms with Crippen LogP contribution in [0.4, 0.5) is 11.5 Å². The molecule has 28 heavy (non-hydrogen) atoms. The Morgan fingerprint density at radius 1 is 0.929 bits per heavy atom. The van der Waals surface area contributed by atoms with Crippen LogP contribution in [0.3, 0.4) is 0 Å². The molecular weight excluding hydrogens is 348 g/mol. The lowest BCUT2D eigenvalue weighted by Crippen LogP contribution is -1.98. The van der Waals surface area contributed by atoms with E-state index in [9.17, 15) is 5.11 Å². The van der Waals surface area contributed by atoms with Crippen LogP contribution in [0.1, 0.15) is 36.6 Å². The number of benzene rings is 2. The van der Waals surface area contributed by atoms with Gasteiger partial charge in [0.1, 0.15) is 0 Å². The molecule has 0 fully saturated rings. The molecule has 0 atom stereocenters. The maximum atomic E-state index is 10.8. The smallest absolute Gasteiger partial charge is 0.221 e. The lowest BCUT2D eigenvalue weighted by Gasteiger charge is -2.10. The van der Waals surface area contributed by atoms with E-state index in [1.165, 1.54) is 5.56 Å². The fourth-order valence-corrected chi connectivity index (χ4v) is 3.83. The van der Waals surface area contributed by atoms with Crippen molar-refractivity contribution in [3.05, 3.63) is 59.2 Å². The summed E-state index contributed by atoms with van der Waals surface area (Å²) in [5, 5.41) is 21.5. The van der Waals surface area contributed by atoms with Crippen molar-refractivity contribution in [3.8, 4) is 5.88 Å². The largest absolute Gasteiger partial charge is 0.493 e. The predicted molar refractivity (Wildman–Crippen MR) is 114 cm³/mol. The average Bonchev–Trinajstić information content (AvgIpc) is 2.92. The Labute approximate surface area is 164 Å². The normalized spacial score (nSPS) is 12.1. The highest BCUT2D eigenvalue weighted by Crippen LogP contribution is 2.41. The van der Waals surface area contributed by atoms with Crippen molar-refractivity contribution in [2.75, 3.05) is 0 Å². The van der Waals surface area contributed by atoms with E-state index >= 15 is 0 Å². The van der Waals surface area contributed by atoms with Gasteiger partial charge in [-0.1, -0.05) is 29.8 Å². The van der Waals surface area contributed by atoms with Crippen LogP contribution in [0.2, 0.25) is 0 Å². The second kappa shape index (κ2) is 6.75. The van der Waals surface area contributed by atoms with Crippen molar-refractivity contribution in [3.63, 3.8) is 0 Å². The third-order valence-electron chi connectivity index (χ3n) is 5.07. The zero-order valence-corrected chi connectivity index (χ0v) is 16.9. The van der Waals surface area contributed by atoms with E-state index in [0.717, 1.165) is 32.9 Å². The minimum atomic E-state index is 0.112. The minimum absolute atomic E-state index is 0.112. The molecular formula is C23H24N4O. The van der Waals surface area contributed by atoms with Crippen LogP contribution in [-0.4, -0.2) is 14.7 Å². The summed E-state index contributed by atoms with van der Waals surface area (Å²) in [5.74, 6) is 0.669. The molecule has 0 aliphatic heterocycles. The molecule has 0 unspecified atom stereocenters. The third kappa shape index (κ3) is 2.93. The second-order valence-corrected chi connectivity index (χ2v) is 7.63. The molecule has 0 bridgehead atoms. The molecule has 0 radical (unpaired) electrons. The number of rotatable bonds is 3. The zero-order chi connectivity index (χ0) is 20.0. The van der Waals surface area contributed by atoms with Crippen LogP contribution in [-0.2, 0) is 0 Å². The number of pyridine rings is 1. The first-order valence-electron chi connectivity index (χ1n) is 9.49. The molecule has 2 aromatic carbocycles. The Morgan fingerprint density at radius 2 is 1.68 bits per heavy atom. The SMILES string of the molecule is Cc1cc(C)c2nc(N=Nc3c(O)n(C(C)C)c4ccccc34)cc(C)c2c1. The molecule has 2 heterocycles. The van der Waals surface area contributed by atoms with E-state index in [1.54, 1.807) is 0 Å². The monoisotopic (exact) mass is 372 g/mol. The van der Waals surface area contributed by atoms with Crippen LogP contribution in [0, 0.1) is 20.8 Å². The van der Waals surface area contributed by atoms with Crippen LogP contribution in [0.5, 0.6) is 5.88 Å². The lowest BCUT2D eigenvalue weighted by atomic mass is 10.0. The minimum Gasteiger partial charge on any atom is -0.493 e. The van der Waals surface area contributed by atoms with Gasteiger partial charge in [-0.15, -0.1) is 10.2 Å². The molecule has 4 aromatic rings. The lowest BCUT2D eigenvalue weighted by molar-refractivity contribution is 0.407. The standard InChI is InChI=1S/C23H24N4O/c1-13(2)27-19-9-7-6-8-17(19)22(23(27)28)26-25-20-12-15(4)18-11-14(3)10-16(5)21(18)24-20/h6-13,28H,1-5H3. The number of aryl methyl sites for hydroxylation is 3. The fraction of sp³-hybridized carbons (Fsp3) is 0.261. The van der Waals surface area contributed by atoms with Gasteiger partial charge in [-0.3, -0.25) is 0 Å². The number of nitrogens with zero attached hydrogens (tertiary/aromatic N) is 4. The van der Waals surface area contributed by atoms with Crippen molar-refractivity contribution < 1.29 is 5.11 Å². The van der Waals surface area contributed by atoms with Gasteiger partial charge < -0.3 is 9.67 Å². The van der Waals surface area contributed by atoms with E-state index in [4.69, 9.17) is 4.98 Å². The van der Waals surface area contributed by atoms with E-state index < -0.39 is 0 Å². The van der Waals surface area contributed by atoms with Crippen molar-refractivity contribution in [1.82, 2.24) is 9.55 Å². The van der Waals surface area contributed by atoms with E-state index in [2.05, 4.69) is 43.1 Å². The Hall–Kier alpha value is -3.21. The van der Waals surface area contributed by atoms with Crippen LogP contribution in [0.15, 0.2) is 52.7 Å². The number of para-hydroxylation sites is 1. The van der Waals surface area contributed by atoms with Gasteiger partial charge in [0.2, 0.25) is 5.88 Å². The first kappa shape index (κ1) is 18.2. The van der Waals surface area contributed by atoms with Crippen molar-refractivity contribution in [2.45, 2.75) is 40.7 Å². The summed E-state index contributed by atoms with van der Waals surface area (Å²) >= 11 is 0. The Balaban J connectivity index is 1.85. The van der Waals surface area contributed by atoms with E-state index in [0.29, 0.717) is 11.5 Å². The number of hydrogen-bond acceptors (Lipinski definition) is 4. The molecule has 5 heteroatoms. The molecule has 4 rings (SSSR count). The summed E-state index contributed by atoms with van der Waals surface area (Å²) in [5.41, 5.74) is 5.81. The summed E-state index contributed by atoms with van der Waals surface area (Å²) in [6.45, 7) is 10.3.